The second-order valence-electron chi connectivity index (χ2n) is 3.88. The van der Waals surface area contributed by atoms with Crippen molar-refractivity contribution in [3.05, 3.63) is 22.1 Å². The summed E-state index contributed by atoms with van der Waals surface area (Å²) in [5.41, 5.74) is 6.58. The summed E-state index contributed by atoms with van der Waals surface area (Å²) in [6.07, 6.45) is 0.855. The third kappa shape index (κ3) is 2.84. The minimum atomic E-state index is -0.125. The molecule has 1 aliphatic rings. The fraction of sp³-hybridized carbons (Fsp3) is 0.600. The number of aromatic nitrogens is 2. The first kappa shape index (κ1) is 11.6. The lowest BCUT2D eigenvalue weighted by Gasteiger charge is -2.27. The molecule has 1 aliphatic heterocycles. The van der Waals surface area contributed by atoms with Crippen LogP contribution in [0.5, 0.6) is 0 Å². The second-order valence-corrected chi connectivity index (χ2v) is 5.10. The molecule has 0 aromatic carbocycles. The number of nitrogens with zero attached hydrogens (tertiary/aromatic N) is 1. The van der Waals surface area contributed by atoms with Gasteiger partial charge in [0.2, 0.25) is 0 Å². The van der Waals surface area contributed by atoms with Gasteiger partial charge in [0.1, 0.15) is 0 Å². The molecule has 1 aromatic heterocycles. The summed E-state index contributed by atoms with van der Waals surface area (Å²) in [5, 5.41) is 0.787. The maximum Gasteiger partial charge on any atom is 0.251 e. The molecule has 0 radical (unpaired) electrons. The van der Waals surface area contributed by atoms with Gasteiger partial charge in [-0.15, -0.1) is 0 Å². The number of rotatable bonds is 2. The van der Waals surface area contributed by atoms with E-state index in [1.807, 2.05) is 0 Å². The normalized spacial score (nSPS) is 25.6. The summed E-state index contributed by atoms with van der Waals surface area (Å²) < 4.78 is 5.36. The highest BCUT2D eigenvalue weighted by atomic mass is 32.2. The lowest BCUT2D eigenvalue weighted by Crippen LogP contribution is -2.41. The van der Waals surface area contributed by atoms with E-state index in [-0.39, 0.29) is 16.9 Å². The summed E-state index contributed by atoms with van der Waals surface area (Å²) in [6, 6.07) is 1.58. The van der Waals surface area contributed by atoms with Crippen LogP contribution in [-0.2, 0) is 4.74 Å². The Labute approximate surface area is 97.8 Å². The Bertz CT molecular complexity index is 421. The molecule has 0 bridgehead atoms. The molecule has 3 N–H and O–H groups in total. The largest absolute Gasteiger partial charge is 0.380 e. The van der Waals surface area contributed by atoms with E-state index in [4.69, 9.17) is 10.5 Å². The number of aryl methyl sites for hydroxylation is 1. The Balaban J connectivity index is 2.10. The standard InChI is InChI=1S/C10H15N3O2S/c1-6-4-9(14)13-10(12-6)16-8-5-15-3-2-7(8)11/h4,7-8H,2-3,5,11H2,1H3,(H,12,13,14). The number of aromatic amines is 1. The van der Waals surface area contributed by atoms with Crippen LogP contribution < -0.4 is 11.3 Å². The number of nitrogens with one attached hydrogen (secondary N) is 1. The average Bonchev–Trinajstić information content (AvgIpc) is 2.20. The van der Waals surface area contributed by atoms with Crippen molar-refractivity contribution in [3.63, 3.8) is 0 Å². The van der Waals surface area contributed by atoms with Crippen molar-refractivity contribution >= 4 is 11.8 Å². The van der Waals surface area contributed by atoms with E-state index in [9.17, 15) is 4.79 Å². The Hall–Kier alpha value is -0.850. The van der Waals surface area contributed by atoms with Crippen molar-refractivity contribution in [3.8, 4) is 0 Å². The van der Waals surface area contributed by atoms with Crippen LogP contribution in [0.15, 0.2) is 16.0 Å². The van der Waals surface area contributed by atoms with Crippen LogP contribution in [0, 0.1) is 6.92 Å². The third-order valence-electron chi connectivity index (χ3n) is 2.47. The zero-order valence-corrected chi connectivity index (χ0v) is 9.92. The van der Waals surface area contributed by atoms with Crippen molar-refractivity contribution in [2.24, 2.45) is 5.73 Å². The van der Waals surface area contributed by atoms with Gasteiger partial charge in [-0.25, -0.2) is 4.98 Å². The summed E-state index contributed by atoms with van der Waals surface area (Å²) in [7, 11) is 0. The van der Waals surface area contributed by atoms with Crippen LogP contribution in [-0.4, -0.2) is 34.5 Å². The smallest absolute Gasteiger partial charge is 0.251 e. The van der Waals surface area contributed by atoms with Gasteiger partial charge in [-0.05, 0) is 13.3 Å². The molecule has 1 saturated heterocycles. The van der Waals surface area contributed by atoms with Crippen molar-refractivity contribution in [1.29, 1.82) is 0 Å². The highest BCUT2D eigenvalue weighted by Crippen LogP contribution is 2.24. The van der Waals surface area contributed by atoms with Gasteiger partial charge in [0.25, 0.3) is 5.56 Å². The molecule has 16 heavy (non-hydrogen) atoms. The first-order chi connectivity index (χ1) is 7.65. The monoisotopic (exact) mass is 241 g/mol. The first-order valence-electron chi connectivity index (χ1n) is 5.23. The van der Waals surface area contributed by atoms with Crippen LogP contribution in [0.4, 0.5) is 0 Å². The molecule has 2 heterocycles. The van der Waals surface area contributed by atoms with E-state index < -0.39 is 0 Å². The summed E-state index contributed by atoms with van der Waals surface area (Å²) in [4.78, 5) is 18.2. The van der Waals surface area contributed by atoms with E-state index in [0.717, 1.165) is 18.7 Å². The molecule has 2 atom stereocenters. The lowest BCUT2D eigenvalue weighted by molar-refractivity contribution is 0.0915. The predicted octanol–water partition coefficient (Wildman–Crippen LogP) is 0.287. The van der Waals surface area contributed by atoms with Crippen molar-refractivity contribution in [2.75, 3.05) is 13.2 Å². The topological polar surface area (TPSA) is 81.0 Å². The number of thioether (sulfide) groups is 1. The Morgan fingerprint density at radius 1 is 1.69 bits per heavy atom. The quantitative estimate of drug-likeness (QED) is 0.727. The summed E-state index contributed by atoms with van der Waals surface area (Å²) in [6.45, 7) is 3.13. The van der Waals surface area contributed by atoms with Gasteiger partial charge in [0.05, 0.1) is 11.9 Å². The zero-order valence-electron chi connectivity index (χ0n) is 9.10. The second kappa shape index (κ2) is 4.99. The SMILES string of the molecule is Cc1cc(=O)[nH]c(SC2COCCC2N)n1. The molecule has 6 heteroatoms. The number of H-pyrrole nitrogens is 1. The van der Waals surface area contributed by atoms with E-state index in [0.29, 0.717) is 11.8 Å². The molecule has 0 spiro atoms. The Kier molecular flexibility index (Phi) is 3.63. The van der Waals surface area contributed by atoms with E-state index >= 15 is 0 Å². The molecule has 0 saturated carbocycles. The van der Waals surface area contributed by atoms with Crippen molar-refractivity contribution in [1.82, 2.24) is 9.97 Å². The fourth-order valence-electron chi connectivity index (χ4n) is 1.60. The molecule has 2 unspecified atom stereocenters. The average molecular weight is 241 g/mol. The molecule has 88 valence electrons. The van der Waals surface area contributed by atoms with E-state index in [2.05, 4.69) is 9.97 Å². The molecule has 5 nitrogen and oxygen atoms in total. The van der Waals surface area contributed by atoms with E-state index in [1.54, 1.807) is 6.92 Å². The van der Waals surface area contributed by atoms with Gasteiger partial charge in [0, 0.05) is 24.4 Å². The maximum absolute atomic E-state index is 11.3. The molecule has 0 aliphatic carbocycles. The number of hydrogen-bond donors (Lipinski definition) is 2. The molecule has 1 aromatic rings. The number of nitrogens with two attached hydrogens (primary N) is 1. The highest BCUT2D eigenvalue weighted by molar-refractivity contribution is 7.99. The Morgan fingerprint density at radius 3 is 3.19 bits per heavy atom. The number of ether oxygens (including phenoxy) is 1. The van der Waals surface area contributed by atoms with Crippen LogP contribution in [0.25, 0.3) is 0 Å². The van der Waals surface area contributed by atoms with Gasteiger partial charge in [0.15, 0.2) is 5.16 Å². The number of hydrogen-bond acceptors (Lipinski definition) is 5. The summed E-state index contributed by atoms with van der Waals surface area (Å²) in [5.74, 6) is 0. The third-order valence-corrected chi connectivity index (χ3v) is 3.67. The molecular weight excluding hydrogens is 226 g/mol. The van der Waals surface area contributed by atoms with Gasteiger partial charge in [-0.2, -0.15) is 0 Å². The lowest BCUT2D eigenvalue weighted by atomic mass is 10.1. The molecule has 0 amide bonds. The summed E-state index contributed by atoms with van der Waals surface area (Å²) >= 11 is 1.48. The minimum Gasteiger partial charge on any atom is -0.380 e. The Morgan fingerprint density at radius 2 is 2.50 bits per heavy atom. The molecule has 2 rings (SSSR count). The van der Waals surface area contributed by atoms with Crippen LogP contribution >= 0.6 is 11.8 Å². The minimum absolute atomic E-state index is 0.101. The van der Waals surface area contributed by atoms with Crippen molar-refractivity contribution in [2.45, 2.75) is 29.8 Å². The van der Waals surface area contributed by atoms with Crippen LogP contribution in [0.3, 0.4) is 0 Å². The zero-order chi connectivity index (χ0) is 11.5. The van der Waals surface area contributed by atoms with Gasteiger partial charge < -0.3 is 15.5 Å². The van der Waals surface area contributed by atoms with Crippen LogP contribution in [0.1, 0.15) is 12.1 Å². The molecule has 1 fully saturated rings. The van der Waals surface area contributed by atoms with Gasteiger partial charge >= 0.3 is 0 Å². The maximum atomic E-state index is 11.3. The first-order valence-corrected chi connectivity index (χ1v) is 6.11. The highest BCUT2D eigenvalue weighted by Gasteiger charge is 2.24. The van der Waals surface area contributed by atoms with Gasteiger partial charge in [-0.1, -0.05) is 11.8 Å². The molecular formula is C10H15N3O2S. The van der Waals surface area contributed by atoms with Crippen LogP contribution in [0.2, 0.25) is 0 Å². The van der Waals surface area contributed by atoms with E-state index in [1.165, 1.54) is 17.8 Å². The fourth-order valence-corrected chi connectivity index (χ4v) is 2.72. The predicted molar refractivity (Wildman–Crippen MR) is 62.7 cm³/mol. The van der Waals surface area contributed by atoms with Gasteiger partial charge in [-0.3, -0.25) is 4.79 Å². The van der Waals surface area contributed by atoms with Crippen molar-refractivity contribution < 1.29 is 4.74 Å².